The molecule has 4 heteroatoms. The van der Waals surface area contributed by atoms with Crippen LogP contribution in [0.3, 0.4) is 0 Å². The molecule has 2 heterocycles. The highest BCUT2D eigenvalue weighted by Gasteiger charge is 2.04. The Morgan fingerprint density at radius 2 is 2.20 bits per heavy atom. The zero-order valence-electron chi connectivity index (χ0n) is 8.23. The predicted molar refractivity (Wildman–Crippen MR) is 55.8 cm³/mol. The number of pyridine rings is 1. The van der Waals surface area contributed by atoms with Crippen LogP contribution >= 0.6 is 0 Å². The number of rotatable bonds is 4. The number of carboxylic acids is 1. The van der Waals surface area contributed by atoms with Crippen LogP contribution in [0, 0.1) is 0 Å². The van der Waals surface area contributed by atoms with Crippen LogP contribution in [0.2, 0.25) is 0 Å². The summed E-state index contributed by atoms with van der Waals surface area (Å²) in [6.07, 6.45) is 7.14. The van der Waals surface area contributed by atoms with Gasteiger partial charge in [-0.3, -0.25) is 9.78 Å². The van der Waals surface area contributed by atoms with Crippen molar-refractivity contribution in [3.8, 4) is 11.1 Å². The first-order valence-corrected chi connectivity index (χ1v) is 4.88. The molecule has 0 radical (unpaired) electrons. The topological polar surface area (TPSA) is 66.0 Å². The van der Waals surface area contributed by atoms with Crippen molar-refractivity contribution in [1.29, 1.82) is 0 Å². The number of hydrogen-bond acceptors (Lipinski definition) is 2. The summed E-state index contributed by atoms with van der Waals surface area (Å²) in [5.41, 5.74) is 3.23. The maximum absolute atomic E-state index is 10.3. The molecule has 2 aliphatic rings. The van der Waals surface area contributed by atoms with Crippen LogP contribution in [0.25, 0.3) is 11.1 Å². The number of carbonyl (C=O) groups is 1. The van der Waals surface area contributed by atoms with Gasteiger partial charge >= 0.3 is 5.97 Å². The van der Waals surface area contributed by atoms with E-state index in [9.17, 15) is 4.79 Å². The van der Waals surface area contributed by atoms with Crippen molar-refractivity contribution in [2.45, 2.75) is 19.3 Å². The molecular formula is C11H12N2O2. The van der Waals surface area contributed by atoms with E-state index in [1.165, 1.54) is 0 Å². The zero-order chi connectivity index (χ0) is 10.7. The van der Waals surface area contributed by atoms with E-state index in [0.29, 0.717) is 6.42 Å². The molecule has 2 N–H and O–H groups in total. The first-order valence-electron chi connectivity index (χ1n) is 4.88. The van der Waals surface area contributed by atoms with Crippen LogP contribution < -0.4 is 0 Å². The van der Waals surface area contributed by atoms with Crippen LogP contribution in [0.5, 0.6) is 0 Å². The molecule has 0 aromatic carbocycles. The number of aromatic nitrogens is 2. The number of fused-ring (bicyclic) bond motifs is 1. The van der Waals surface area contributed by atoms with E-state index in [1.807, 2.05) is 18.5 Å². The molecule has 4 nitrogen and oxygen atoms in total. The van der Waals surface area contributed by atoms with E-state index in [1.54, 1.807) is 6.20 Å². The molecule has 2 aliphatic heterocycles. The SMILES string of the molecule is O=C(O)CCCc1cc2cncc-2c[nH]1. The van der Waals surface area contributed by atoms with Gasteiger partial charge in [-0.1, -0.05) is 0 Å². The van der Waals surface area contributed by atoms with Gasteiger partial charge in [-0.2, -0.15) is 0 Å². The Hall–Kier alpha value is -1.84. The first-order chi connectivity index (χ1) is 7.25. The van der Waals surface area contributed by atoms with Crippen molar-refractivity contribution in [3.63, 3.8) is 0 Å². The van der Waals surface area contributed by atoms with Crippen molar-refractivity contribution in [1.82, 2.24) is 9.97 Å². The molecule has 0 spiro atoms. The molecule has 0 saturated carbocycles. The van der Waals surface area contributed by atoms with E-state index in [0.717, 1.165) is 23.2 Å². The van der Waals surface area contributed by atoms with Gasteiger partial charge in [-0.05, 0) is 18.9 Å². The summed E-state index contributed by atoms with van der Waals surface area (Å²) in [4.78, 5) is 17.5. The highest BCUT2D eigenvalue weighted by molar-refractivity contribution is 5.66. The molecule has 15 heavy (non-hydrogen) atoms. The monoisotopic (exact) mass is 204 g/mol. The summed E-state index contributed by atoms with van der Waals surface area (Å²) in [5.74, 6) is -0.744. The Labute approximate surface area is 87.3 Å². The summed E-state index contributed by atoms with van der Waals surface area (Å²) in [6, 6.07) is 2.02. The van der Waals surface area contributed by atoms with Crippen molar-refractivity contribution < 1.29 is 9.90 Å². The fraction of sp³-hybridized carbons (Fsp3) is 0.273. The largest absolute Gasteiger partial charge is 0.481 e. The van der Waals surface area contributed by atoms with Crippen LogP contribution in [-0.4, -0.2) is 21.0 Å². The summed E-state index contributed by atoms with van der Waals surface area (Å²) in [7, 11) is 0. The third-order valence-electron chi connectivity index (χ3n) is 2.34. The Bertz CT molecular complexity index is 436. The van der Waals surface area contributed by atoms with Gasteiger partial charge in [0, 0.05) is 41.8 Å². The van der Waals surface area contributed by atoms with Gasteiger partial charge in [0.15, 0.2) is 0 Å². The number of nitrogens with one attached hydrogen (secondary N) is 1. The fourth-order valence-corrected chi connectivity index (χ4v) is 1.56. The van der Waals surface area contributed by atoms with Crippen LogP contribution in [0.4, 0.5) is 0 Å². The van der Waals surface area contributed by atoms with E-state index in [-0.39, 0.29) is 6.42 Å². The van der Waals surface area contributed by atoms with Gasteiger partial charge < -0.3 is 10.1 Å². The van der Waals surface area contributed by atoms with E-state index in [4.69, 9.17) is 5.11 Å². The van der Waals surface area contributed by atoms with Crippen molar-refractivity contribution in [2.24, 2.45) is 0 Å². The molecule has 2 rings (SSSR count). The van der Waals surface area contributed by atoms with E-state index >= 15 is 0 Å². The van der Waals surface area contributed by atoms with Gasteiger partial charge in [0.1, 0.15) is 0 Å². The number of nitrogens with zero attached hydrogens (tertiary/aromatic N) is 1. The lowest BCUT2D eigenvalue weighted by Crippen LogP contribution is -1.97. The summed E-state index contributed by atoms with van der Waals surface area (Å²) >= 11 is 0. The lowest BCUT2D eigenvalue weighted by atomic mass is 10.1. The minimum absolute atomic E-state index is 0.213. The van der Waals surface area contributed by atoms with Crippen molar-refractivity contribution in [2.75, 3.05) is 0 Å². The molecule has 0 unspecified atom stereocenters. The number of hydrogen-bond donors (Lipinski definition) is 2. The van der Waals surface area contributed by atoms with Crippen LogP contribution in [0.1, 0.15) is 18.5 Å². The summed E-state index contributed by atoms with van der Waals surface area (Å²) < 4.78 is 0. The van der Waals surface area contributed by atoms with Crippen molar-refractivity contribution >= 4 is 5.97 Å². The lowest BCUT2D eigenvalue weighted by molar-refractivity contribution is -0.137. The number of aryl methyl sites for hydroxylation is 1. The smallest absolute Gasteiger partial charge is 0.303 e. The van der Waals surface area contributed by atoms with Gasteiger partial charge in [-0.25, -0.2) is 0 Å². The average Bonchev–Trinajstić information content (AvgIpc) is 2.64. The maximum atomic E-state index is 10.3. The van der Waals surface area contributed by atoms with Gasteiger partial charge in [-0.15, -0.1) is 0 Å². The van der Waals surface area contributed by atoms with Gasteiger partial charge in [0.25, 0.3) is 0 Å². The molecule has 0 aliphatic carbocycles. The number of aromatic amines is 1. The summed E-state index contributed by atoms with van der Waals surface area (Å²) in [6.45, 7) is 0. The third kappa shape index (κ3) is 2.34. The second-order valence-electron chi connectivity index (χ2n) is 3.52. The number of aliphatic carboxylic acids is 1. The number of carboxylic acid groups (broad SMARTS) is 1. The van der Waals surface area contributed by atoms with Crippen LogP contribution in [-0.2, 0) is 11.2 Å². The second-order valence-corrected chi connectivity index (χ2v) is 3.52. The molecule has 0 atom stereocenters. The van der Waals surface area contributed by atoms with Gasteiger partial charge in [0.05, 0.1) is 0 Å². The zero-order valence-corrected chi connectivity index (χ0v) is 8.23. The highest BCUT2D eigenvalue weighted by Crippen LogP contribution is 2.20. The molecule has 0 bridgehead atoms. The molecule has 0 aromatic heterocycles. The molecular weight excluding hydrogens is 192 g/mol. The predicted octanol–water partition coefficient (Wildman–Crippen LogP) is 1.92. The molecule has 0 saturated heterocycles. The van der Waals surface area contributed by atoms with Crippen LogP contribution in [0.15, 0.2) is 24.7 Å². The van der Waals surface area contributed by atoms with Crippen molar-refractivity contribution in [3.05, 3.63) is 30.4 Å². The first kappa shape index (κ1) is 9.71. The minimum Gasteiger partial charge on any atom is -0.481 e. The number of H-pyrrole nitrogens is 1. The quantitative estimate of drug-likeness (QED) is 0.799. The second kappa shape index (κ2) is 4.13. The Balaban J connectivity index is 2.03. The summed E-state index contributed by atoms with van der Waals surface area (Å²) in [5, 5.41) is 8.51. The fourth-order valence-electron chi connectivity index (χ4n) is 1.56. The molecule has 78 valence electrons. The van der Waals surface area contributed by atoms with E-state index < -0.39 is 5.97 Å². The Morgan fingerprint density at radius 1 is 1.40 bits per heavy atom. The van der Waals surface area contributed by atoms with E-state index in [2.05, 4.69) is 9.97 Å². The molecule has 0 fully saturated rings. The van der Waals surface area contributed by atoms with Gasteiger partial charge in [0.2, 0.25) is 0 Å². The molecule has 0 aromatic rings. The standard InChI is InChI=1S/C11H12N2O2/c14-11(15)3-1-2-10-4-8-5-12-6-9(8)7-13-10/h4-7,13H,1-3H2,(H,14,15). The average molecular weight is 204 g/mol. The third-order valence-corrected chi connectivity index (χ3v) is 2.34. The molecule has 0 amide bonds. The Morgan fingerprint density at radius 3 is 3.00 bits per heavy atom. The lowest BCUT2D eigenvalue weighted by Gasteiger charge is -2.03. The minimum atomic E-state index is -0.744. The maximum Gasteiger partial charge on any atom is 0.303 e. The highest BCUT2D eigenvalue weighted by atomic mass is 16.4. The normalized spacial score (nSPS) is 10.7. The Kier molecular flexibility index (Phi) is 2.67.